The van der Waals surface area contributed by atoms with Crippen LogP contribution in [0.1, 0.15) is 19.3 Å². The minimum atomic E-state index is 0. The first kappa shape index (κ1) is 15.3. The molecule has 3 nitrogen and oxygen atoms in total. The average Bonchev–Trinajstić information content (AvgIpc) is 2.33. The number of nitrogens with one attached hydrogen (secondary N) is 2. The summed E-state index contributed by atoms with van der Waals surface area (Å²) in [5.41, 5.74) is 0.702. The summed E-state index contributed by atoms with van der Waals surface area (Å²) in [4.78, 5) is 11.8. The average molecular weight is 289 g/mol. The normalized spacial score (nSPS) is 15.8. The molecule has 1 aromatic rings. The summed E-state index contributed by atoms with van der Waals surface area (Å²) in [5, 5.41) is 6.75. The monoisotopic (exact) mass is 288 g/mol. The SMILES string of the molecule is Cl.O=C(CC1CCNCC1)Nc1ccccc1Cl. The highest BCUT2D eigenvalue weighted by molar-refractivity contribution is 6.33. The first-order chi connectivity index (χ1) is 8.25. The van der Waals surface area contributed by atoms with E-state index in [1.165, 1.54) is 0 Å². The van der Waals surface area contributed by atoms with E-state index < -0.39 is 0 Å². The lowest BCUT2D eigenvalue weighted by Crippen LogP contribution is -2.30. The number of hydrogen-bond donors (Lipinski definition) is 2. The molecule has 100 valence electrons. The largest absolute Gasteiger partial charge is 0.325 e. The quantitative estimate of drug-likeness (QED) is 0.897. The number of piperidine rings is 1. The van der Waals surface area contributed by atoms with E-state index >= 15 is 0 Å². The third-order valence-electron chi connectivity index (χ3n) is 3.08. The number of anilines is 1. The van der Waals surface area contributed by atoms with Gasteiger partial charge in [0.15, 0.2) is 0 Å². The minimum Gasteiger partial charge on any atom is -0.325 e. The van der Waals surface area contributed by atoms with E-state index in [-0.39, 0.29) is 18.3 Å². The molecule has 1 aliphatic rings. The van der Waals surface area contributed by atoms with E-state index in [1.54, 1.807) is 6.07 Å². The van der Waals surface area contributed by atoms with Gasteiger partial charge in [-0.2, -0.15) is 0 Å². The topological polar surface area (TPSA) is 41.1 Å². The molecular formula is C13H18Cl2N2O. The third kappa shape index (κ3) is 4.48. The molecule has 0 unspecified atom stereocenters. The van der Waals surface area contributed by atoms with Gasteiger partial charge in [0.2, 0.25) is 5.91 Å². The van der Waals surface area contributed by atoms with E-state index in [0.29, 0.717) is 23.0 Å². The fourth-order valence-electron chi connectivity index (χ4n) is 2.11. The fraction of sp³-hybridized carbons (Fsp3) is 0.462. The summed E-state index contributed by atoms with van der Waals surface area (Å²) in [6, 6.07) is 7.32. The molecule has 0 aromatic heterocycles. The number of carbonyl (C=O) groups excluding carboxylic acids is 1. The molecule has 0 radical (unpaired) electrons. The Balaban J connectivity index is 0.00000162. The van der Waals surface area contributed by atoms with Gasteiger partial charge in [-0.25, -0.2) is 0 Å². The van der Waals surface area contributed by atoms with Gasteiger partial charge in [-0.15, -0.1) is 12.4 Å². The number of halogens is 2. The number of hydrogen-bond acceptors (Lipinski definition) is 2. The summed E-state index contributed by atoms with van der Waals surface area (Å²) in [6.07, 6.45) is 2.75. The molecule has 1 heterocycles. The van der Waals surface area contributed by atoms with E-state index in [4.69, 9.17) is 11.6 Å². The van der Waals surface area contributed by atoms with Gasteiger partial charge in [-0.05, 0) is 44.0 Å². The van der Waals surface area contributed by atoms with Crippen molar-refractivity contribution < 1.29 is 4.79 Å². The predicted octanol–water partition coefficient (Wildman–Crippen LogP) is 3.09. The molecule has 18 heavy (non-hydrogen) atoms. The summed E-state index contributed by atoms with van der Waals surface area (Å²) in [6.45, 7) is 2.04. The van der Waals surface area contributed by atoms with Crippen molar-refractivity contribution in [1.29, 1.82) is 0 Å². The van der Waals surface area contributed by atoms with Gasteiger partial charge in [0.25, 0.3) is 0 Å². The van der Waals surface area contributed by atoms with Gasteiger partial charge >= 0.3 is 0 Å². The summed E-state index contributed by atoms with van der Waals surface area (Å²) in [7, 11) is 0. The van der Waals surface area contributed by atoms with Crippen molar-refractivity contribution in [3.63, 3.8) is 0 Å². The second-order valence-corrected chi connectivity index (χ2v) is 4.83. The number of benzene rings is 1. The molecule has 1 amide bonds. The first-order valence-electron chi connectivity index (χ1n) is 6.01. The smallest absolute Gasteiger partial charge is 0.224 e. The lowest BCUT2D eigenvalue weighted by Gasteiger charge is -2.22. The Morgan fingerprint density at radius 2 is 2.00 bits per heavy atom. The Morgan fingerprint density at radius 1 is 1.33 bits per heavy atom. The lowest BCUT2D eigenvalue weighted by molar-refractivity contribution is -0.117. The molecule has 1 aliphatic heterocycles. The van der Waals surface area contributed by atoms with Crippen LogP contribution in [0.25, 0.3) is 0 Å². The van der Waals surface area contributed by atoms with Crippen molar-refractivity contribution >= 4 is 35.6 Å². The number of carbonyl (C=O) groups is 1. The fourth-order valence-corrected chi connectivity index (χ4v) is 2.29. The number of para-hydroxylation sites is 1. The highest BCUT2D eigenvalue weighted by Gasteiger charge is 2.17. The number of rotatable bonds is 3. The van der Waals surface area contributed by atoms with E-state index in [2.05, 4.69) is 10.6 Å². The van der Waals surface area contributed by atoms with Crippen molar-refractivity contribution in [1.82, 2.24) is 5.32 Å². The molecule has 0 spiro atoms. The van der Waals surface area contributed by atoms with Gasteiger partial charge in [-0.3, -0.25) is 4.79 Å². The van der Waals surface area contributed by atoms with Crippen molar-refractivity contribution in [3.05, 3.63) is 29.3 Å². The maximum Gasteiger partial charge on any atom is 0.224 e. The van der Waals surface area contributed by atoms with Crippen molar-refractivity contribution in [2.75, 3.05) is 18.4 Å². The van der Waals surface area contributed by atoms with Crippen LogP contribution in [0, 0.1) is 5.92 Å². The molecule has 0 aliphatic carbocycles. The second kappa shape index (κ2) is 7.62. The molecule has 2 N–H and O–H groups in total. The minimum absolute atomic E-state index is 0. The van der Waals surface area contributed by atoms with E-state index in [9.17, 15) is 4.79 Å². The van der Waals surface area contributed by atoms with Gasteiger partial charge in [0, 0.05) is 6.42 Å². The van der Waals surface area contributed by atoms with Crippen LogP contribution >= 0.6 is 24.0 Å². The van der Waals surface area contributed by atoms with E-state index in [0.717, 1.165) is 25.9 Å². The Labute approximate surface area is 119 Å². The van der Waals surface area contributed by atoms with Crippen molar-refractivity contribution in [2.24, 2.45) is 5.92 Å². The highest BCUT2D eigenvalue weighted by atomic mass is 35.5. The van der Waals surface area contributed by atoms with Crippen LogP contribution in [-0.2, 0) is 4.79 Å². The van der Waals surface area contributed by atoms with Crippen LogP contribution in [0.5, 0.6) is 0 Å². The molecule has 2 rings (SSSR count). The van der Waals surface area contributed by atoms with Gasteiger partial charge in [0.1, 0.15) is 0 Å². The summed E-state index contributed by atoms with van der Waals surface area (Å²) in [5.74, 6) is 0.559. The standard InChI is InChI=1S/C13H17ClN2O.ClH/c14-11-3-1-2-4-12(11)16-13(17)9-10-5-7-15-8-6-10;/h1-4,10,15H,5-9H2,(H,16,17);1H. The second-order valence-electron chi connectivity index (χ2n) is 4.43. The lowest BCUT2D eigenvalue weighted by atomic mass is 9.94. The Morgan fingerprint density at radius 3 is 2.67 bits per heavy atom. The van der Waals surface area contributed by atoms with E-state index in [1.807, 2.05) is 18.2 Å². The Kier molecular flexibility index (Phi) is 6.47. The zero-order valence-electron chi connectivity index (χ0n) is 10.1. The number of amides is 1. The van der Waals surface area contributed by atoms with Crippen molar-refractivity contribution in [3.8, 4) is 0 Å². The van der Waals surface area contributed by atoms with Crippen LogP contribution in [0.2, 0.25) is 5.02 Å². The van der Waals surface area contributed by atoms with Gasteiger partial charge in [-0.1, -0.05) is 23.7 Å². The van der Waals surface area contributed by atoms with Crippen LogP contribution in [-0.4, -0.2) is 19.0 Å². The van der Waals surface area contributed by atoms with Gasteiger partial charge in [0.05, 0.1) is 10.7 Å². The maximum absolute atomic E-state index is 11.8. The van der Waals surface area contributed by atoms with Crippen LogP contribution in [0.4, 0.5) is 5.69 Å². The first-order valence-corrected chi connectivity index (χ1v) is 6.38. The zero-order valence-corrected chi connectivity index (χ0v) is 11.7. The molecule has 1 fully saturated rings. The van der Waals surface area contributed by atoms with Gasteiger partial charge < -0.3 is 10.6 Å². The van der Waals surface area contributed by atoms with Crippen molar-refractivity contribution in [2.45, 2.75) is 19.3 Å². The molecule has 5 heteroatoms. The third-order valence-corrected chi connectivity index (χ3v) is 3.41. The summed E-state index contributed by atoms with van der Waals surface area (Å²) >= 11 is 5.99. The maximum atomic E-state index is 11.8. The molecule has 0 atom stereocenters. The van der Waals surface area contributed by atoms with Crippen LogP contribution in [0.3, 0.4) is 0 Å². The summed E-state index contributed by atoms with van der Waals surface area (Å²) < 4.78 is 0. The molecule has 0 saturated carbocycles. The Hall–Kier alpha value is -0.770. The van der Waals surface area contributed by atoms with Crippen LogP contribution < -0.4 is 10.6 Å². The molecule has 0 bridgehead atoms. The molecule has 1 aromatic carbocycles. The Bertz CT molecular complexity index is 392. The molecular weight excluding hydrogens is 271 g/mol. The predicted molar refractivity (Wildman–Crippen MR) is 77.5 cm³/mol. The van der Waals surface area contributed by atoms with Crippen LogP contribution in [0.15, 0.2) is 24.3 Å². The highest BCUT2D eigenvalue weighted by Crippen LogP contribution is 2.22. The molecule has 1 saturated heterocycles. The zero-order chi connectivity index (χ0) is 12.1.